The molecule has 0 unspecified atom stereocenters. The fraction of sp³-hybridized carbons (Fsp3) is 0.467. The fourth-order valence-electron chi connectivity index (χ4n) is 2.26. The highest BCUT2D eigenvalue weighted by molar-refractivity contribution is 5.85. The minimum Gasteiger partial charge on any atom is -0.348 e. The maximum Gasteiger partial charge on any atom is 0.237 e. The van der Waals surface area contributed by atoms with Crippen LogP contribution in [0.1, 0.15) is 25.2 Å². The van der Waals surface area contributed by atoms with Crippen molar-refractivity contribution in [2.45, 2.75) is 33.4 Å². The maximum atomic E-state index is 11.9. The van der Waals surface area contributed by atoms with Crippen LogP contribution in [-0.2, 0) is 18.4 Å². The molecule has 116 valence electrons. The van der Waals surface area contributed by atoms with E-state index in [1.165, 1.54) is 5.56 Å². The lowest BCUT2D eigenvalue weighted by Crippen LogP contribution is -2.43. The lowest BCUT2D eigenvalue weighted by molar-refractivity contribution is -0.123. The maximum absolute atomic E-state index is 11.9. The molecule has 1 amide bonds. The molecule has 0 saturated carbocycles. The molecule has 0 bridgehead atoms. The molecule has 3 N–H and O–H groups in total. The Morgan fingerprint density at radius 2 is 2.10 bits per heavy atom. The minimum atomic E-state index is -0.480. The van der Waals surface area contributed by atoms with E-state index in [-0.39, 0.29) is 24.2 Å². The lowest BCUT2D eigenvalue weighted by atomic mass is 10.1. The van der Waals surface area contributed by atoms with Crippen LogP contribution in [0.4, 0.5) is 0 Å². The van der Waals surface area contributed by atoms with Gasteiger partial charge in [0.2, 0.25) is 5.91 Å². The third-order valence-electron chi connectivity index (χ3n) is 3.63. The van der Waals surface area contributed by atoms with Gasteiger partial charge in [0.05, 0.1) is 23.6 Å². The molecular formula is C15H23ClN4O. The smallest absolute Gasteiger partial charge is 0.237 e. The van der Waals surface area contributed by atoms with Crippen LogP contribution >= 0.6 is 12.4 Å². The van der Waals surface area contributed by atoms with Crippen LogP contribution in [-0.4, -0.2) is 21.5 Å². The second-order valence-electron chi connectivity index (χ2n) is 5.52. The quantitative estimate of drug-likeness (QED) is 0.906. The highest BCUT2D eigenvalue weighted by Gasteiger charge is 2.17. The molecule has 0 spiro atoms. The zero-order valence-electron chi connectivity index (χ0n) is 12.9. The number of hydrogen-bond donors (Lipinski definition) is 2. The summed E-state index contributed by atoms with van der Waals surface area (Å²) in [4.78, 5) is 16.4. The number of aryl methyl sites for hydroxylation is 2. The van der Waals surface area contributed by atoms with E-state index in [1.54, 1.807) is 0 Å². The van der Waals surface area contributed by atoms with Crippen molar-refractivity contribution < 1.29 is 4.79 Å². The molecule has 0 aliphatic carbocycles. The Labute approximate surface area is 131 Å². The van der Waals surface area contributed by atoms with E-state index in [4.69, 9.17) is 5.73 Å². The van der Waals surface area contributed by atoms with Crippen LogP contribution in [0.25, 0.3) is 11.0 Å². The highest BCUT2D eigenvalue weighted by atomic mass is 35.5. The monoisotopic (exact) mass is 310 g/mol. The van der Waals surface area contributed by atoms with Crippen molar-refractivity contribution in [3.8, 4) is 0 Å². The number of halogens is 1. The Balaban J connectivity index is 0.00000220. The van der Waals surface area contributed by atoms with E-state index >= 15 is 0 Å². The molecule has 6 heteroatoms. The number of para-hydroxylation sites is 1. The Morgan fingerprint density at radius 1 is 1.43 bits per heavy atom. The number of nitrogens with one attached hydrogen (secondary N) is 1. The average molecular weight is 311 g/mol. The van der Waals surface area contributed by atoms with Crippen LogP contribution in [0, 0.1) is 12.8 Å². The molecule has 0 fully saturated rings. The van der Waals surface area contributed by atoms with Crippen molar-refractivity contribution in [3.05, 3.63) is 29.6 Å². The van der Waals surface area contributed by atoms with Gasteiger partial charge in [-0.05, 0) is 24.5 Å². The third-order valence-corrected chi connectivity index (χ3v) is 3.63. The largest absolute Gasteiger partial charge is 0.348 e. The predicted octanol–water partition coefficient (Wildman–Crippen LogP) is 1.90. The van der Waals surface area contributed by atoms with Crippen molar-refractivity contribution in [2.24, 2.45) is 18.7 Å². The van der Waals surface area contributed by atoms with Gasteiger partial charge < -0.3 is 15.6 Å². The SMILES string of the molecule is Cc1cccc2nc(CNC(=O)[C@@H](N)C(C)C)n(C)c12.Cl. The number of nitrogens with zero attached hydrogens (tertiary/aromatic N) is 2. The molecule has 0 saturated heterocycles. The van der Waals surface area contributed by atoms with Gasteiger partial charge in [-0.15, -0.1) is 12.4 Å². The van der Waals surface area contributed by atoms with Crippen molar-refractivity contribution in [2.75, 3.05) is 0 Å². The van der Waals surface area contributed by atoms with Crippen LogP contribution < -0.4 is 11.1 Å². The van der Waals surface area contributed by atoms with Crippen molar-refractivity contribution >= 4 is 29.3 Å². The van der Waals surface area contributed by atoms with Gasteiger partial charge in [-0.2, -0.15) is 0 Å². The number of carbonyl (C=O) groups is 1. The van der Waals surface area contributed by atoms with Crippen LogP contribution in [0.5, 0.6) is 0 Å². The summed E-state index contributed by atoms with van der Waals surface area (Å²) >= 11 is 0. The summed E-state index contributed by atoms with van der Waals surface area (Å²) in [5.41, 5.74) is 9.05. The van der Waals surface area contributed by atoms with E-state index < -0.39 is 6.04 Å². The summed E-state index contributed by atoms with van der Waals surface area (Å²) in [5, 5.41) is 2.85. The summed E-state index contributed by atoms with van der Waals surface area (Å²) in [6, 6.07) is 5.54. The Hall–Kier alpha value is -1.59. The van der Waals surface area contributed by atoms with Gasteiger partial charge in [0, 0.05) is 7.05 Å². The van der Waals surface area contributed by atoms with Gasteiger partial charge in [0.1, 0.15) is 5.82 Å². The molecule has 0 aliphatic heterocycles. The molecule has 1 aromatic heterocycles. The Bertz CT molecular complexity index is 636. The number of benzene rings is 1. The highest BCUT2D eigenvalue weighted by Crippen LogP contribution is 2.18. The van der Waals surface area contributed by atoms with Gasteiger partial charge in [0.15, 0.2) is 0 Å². The third kappa shape index (κ3) is 3.54. The zero-order chi connectivity index (χ0) is 14.9. The normalized spacial score (nSPS) is 12.3. The number of fused-ring (bicyclic) bond motifs is 1. The van der Waals surface area contributed by atoms with Crippen molar-refractivity contribution in [3.63, 3.8) is 0 Å². The first-order valence-corrected chi connectivity index (χ1v) is 6.86. The first kappa shape index (κ1) is 17.5. The molecule has 5 nitrogen and oxygen atoms in total. The molecule has 0 radical (unpaired) electrons. The summed E-state index contributed by atoms with van der Waals surface area (Å²) in [6.07, 6.45) is 0. The Kier molecular flexibility index (Phi) is 5.75. The summed E-state index contributed by atoms with van der Waals surface area (Å²) < 4.78 is 2.02. The zero-order valence-corrected chi connectivity index (χ0v) is 13.7. The molecule has 2 aromatic rings. The van der Waals surface area contributed by atoms with Crippen LogP contribution in [0.15, 0.2) is 18.2 Å². The summed E-state index contributed by atoms with van der Waals surface area (Å²) in [7, 11) is 1.96. The molecule has 0 aliphatic rings. The number of rotatable bonds is 4. The first-order valence-electron chi connectivity index (χ1n) is 6.86. The topological polar surface area (TPSA) is 72.9 Å². The average Bonchev–Trinajstić information content (AvgIpc) is 2.73. The van der Waals surface area contributed by atoms with Gasteiger partial charge in [-0.3, -0.25) is 4.79 Å². The van der Waals surface area contributed by atoms with E-state index in [2.05, 4.69) is 23.3 Å². The molecular weight excluding hydrogens is 288 g/mol. The van der Waals surface area contributed by atoms with Crippen molar-refractivity contribution in [1.29, 1.82) is 0 Å². The number of hydrogen-bond acceptors (Lipinski definition) is 3. The number of nitrogens with two attached hydrogens (primary N) is 1. The van der Waals surface area contributed by atoms with E-state index in [9.17, 15) is 4.79 Å². The van der Waals surface area contributed by atoms with Gasteiger partial charge >= 0.3 is 0 Å². The summed E-state index contributed by atoms with van der Waals surface area (Å²) in [5.74, 6) is 0.820. The number of aromatic nitrogens is 2. The number of carbonyl (C=O) groups excluding carboxylic acids is 1. The number of amides is 1. The van der Waals surface area contributed by atoms with Gasteiger partial charge in [-0.1, -0.05) is 26.0 Å². The predicted molar refractivity (Wildman–Crippen MR) is 87.4 cm³/mol. The number of imidazole rings is 1. The van der Waals surface area contributed by atoms with Crippen LogP contribution in [0.2, 0.25) is 0 Å². The molecule has 1 aromatic carbocycles. The van der Waals surface area contributed by atoms with E-state index in [0.717, 1.165) is 16.9 Å². The van der Waals surface area contributed by atoms with E-state index in [0.29, 0.717) is 6.54 Å². The van der Waals surface area contributed by atoms with Gasteiger partial charge in [0.25, 0.3) is 0 Å². The molecule has 1 heterocycles. The lowest BCUT2D eigenvalue weighted by Gasteiger charge is -2.15. The minimum absolute atomic E-state index is 0. The fourth-order valence-corrected chi connectivity index (χ4v) is 2.26. The Morgan fingerprint density at radius 3 is 2.67 bits per heavy atom. The first-order chi connectivity index (χ1) is 9.41. The summed E-state index contributed by atoms with van der Waals surface area (Å²) in [6.45, 7) is 6.32. The second-order valence-corrected chi connectivity index (χ2v) is 5.52. The van der Waals surface area contributed by atoms with E-state index in [1.807, 2.05) is 37.6 Å². The second kappa shape index (κ2) is 6.91. The molecule has 1 atom stereocenters. The van der Waals surface area contributed by atoms with Gasteiger partial charge in [-0.25, -0.2) is 4.98 Å². The van der Waals surface area contributed by atoms with Crippen molar-refractivity contribution in [1.82, 2.24) is 14.9 Å². The molecule has 21 heavy (non-hydrogen) atoms. The molecule has 2 rings (SSSR count). The van der Waals surface area contributed by atoms with Crippen LogP contribution in [0.3, 0.4) is 0 Å². The standard InChI is InChI=1S/C15H22N4O.ClH/c1-9(2)13(16)15(20)17-8-12-18-11-7-5-6-10(3)14(11)19(12)4;/h5-7,9,13H,8,16H2,1-4H3,(H,17,20);1H/t13-;/m0./s1.